The SMILES string of the molecule is CCS(=O)(=O)CCCOc1cc(C)c(-c2cccc(-c3ccc4cc(C=CC(=O)OC)c(F)cc4n3)c2)c(C)c1. The third-order valence-corrected chi connectivity index (χ3v) is 8.46. The molecule has 0 radical (unpaired) electrons. The number of esters is 1. The topological polar surface area (TPSA) is 82.6 Å². The molecule has 1 heterocycles. The second-order valence-corrected chi connectivity index (χ2v) is 12.0. The number of methoxy groups -OCH3 is 1. The molecular formula is C32H32FNO5S. The van der Waals surface area contributed by atoms with Crippen LogP contribution in [0.2, 0.25) is 0 Å². The molecule has 0 unspecified atom stereocenters. The number of fused-ring (bicyclic) bond motifs is 1. The third kappa shape index (κ3) is 6.93. The van der Waals surface area contributed by atoms with Crippen LogP contribution >= 0.6 is 0 Å². The zero-order valence-corrected chi connectivity index (χ0v) is 23.8. The van der Waals surface area contributed by atoms with Gasteiger partial charge in [-0.3, -0.25) is 0 Å². The van der Waals surface area contributed by atoms with Crippen molar-refractivity contribution in [2.75, 3.05) is 25.2 Å². The van der Waals surface area contributed by atoms with Crippen LogP contribution < -0.4 is 4.74 Å². The Morgan fingerprint density at radius 2 is 1.73 bits per heavy atom. The molecule has 0 saturated carbocycles. The van der Waals surface area contributed by atoms with Crippen molar-refractivity contribution >= 4 is 32.8 Å². The average Bonchev–Trinajstić information content (AvgIpc) is 2.93. The van der Waals surface area contributed by atoms with Crippen molar-refractivity contribution in [2.24, 2.45) is 0 Å². The number of ether oxygens (including phenoxy) is 2. The molecule has 4 rings (SSSR count). The lowest BCUT2D eigenvalue weighted by Crippen LogP contribution is -2.11. The Bertz CT molecular complexity index is 1670. The van der Waals surface area contributed by atoms with E-state index in [4.69, 9.17) is 9.72 Å². The van der Waals surface area contributed by atoms with E-state index in [1.54, 1.807) is 13.0 Å². The molecule has 0 fully saturated rings. The van der Waals surface area contributed by atoms with E-state index in [0.29, 0.717) is 30.0 Å². The zero-order valence-electron chi connectivity index (χ0n) is 23.0. The van der Waals surface area contributed by atoms with Crippen LogP contribution in [0, 0.1) is 19.7 Å². The number of rotatable bonds is 10. The summed E-state index contributed by atoms with van der Waals surface area (Å²) in [5.41, 5.74) is 6.56. The van der Waals surface area contributed by atoms with Crippen molar-refractivity contribution in [2.45, 2.75) is 27.2 Å². The molecule has 3 aromatic carbocycles. The number of pyridine rings is 1. The van der Waals surface area contributed by atoms with Crippen molar-refractivity contribution < 1.29 is 27.1 Å². The van der Waals surface area contributed by atoms with Gasteiger partial charge in [0.05, 0.1) is 30.7 Å². The molecule has 40 heavy (non-hydrogen) atoms. The maximum atomic E-state index is 14.7. The minimum atomic E-state index is -3.00. The van der Waals surface area contributed by atoms with Crippen molar-refractivity contribution in [3.8, 4) is 28.1 Å². The fourth-order valence-corrected chi connectivity index (χ4v) is 5.43. The molecule has 0 bridgehead atoms. The minimum absolute atomic E-state index is 0.120. The number of halogens is 1. The Labute approximate surface area is 234 Å². The largest absolute Gasteiger partial charge is 0.494 e. The maximum Gasteiger partial charge on any atom is 0.330 e. The Hall–Kier alpha value is -4.04. The Morgan fingerprint density at radius 3 is 2.42 bits per heavy atom. The van der Waals surface area contributed by atoms with Gasteiger partial charge in [0.15, 0.2) is 0 Å². The normalized spacial score (nSPS) is 11.7. The Kier molecular flexibility index (Phi) is 9.00. The van der Waals surface area contributed by atoms with Gasteiger partial charge in [0, 0.05) is 34.4 Å². The summed E-state index contributed by atoms with van der Waals surface area (Å²) in [4.78, 5) is 16.1. The molecule has 0 amide bonds. The second kappa shape index (κ2) is 12.4. The van der Waals surface area contributed by atoms with E-state index in [1.807, 2.05) is 56.3 Å². The quantitative estimate of drug-likeness (QED) is 0.122. The van der Waals surface area contributed by atoms with Crippen LogP contribution in [0.15, 0.2) is 66.7 Å². The zero-order chi connectivity index (χ0) is 28.9. The fraction of sp³-hybridized carbons (Fsp3) is 0.250. The van der Waals surface area contributed by atoms with Gasteiger partial charge in [0.2, 0.25) is 0 Å². The maximum absolute atomic E-state index is 14.7. The molecule has 0 N–H and O–H groups in total. The Morgan fingerprint density at radius 1 is 1.00 bits per heavy atom. The standard InChI is InChI=1S/C32H32FNO5S/c1-5-40(36,37)15-7-14-39-27-16-21(2)32(22(3)17-27)26-9-6-8-24(19-26)29-12-10-25-18-23(11-13-31(35)38-4)28(33)20-30(25)34-29/h6,8-13,16-20H,5,7,14-15H2,1-4H3. The molecule has 0 aliphatic rings. The van der Waals surface area contributed by atoms with Gasteiger partial charge in [-0.25, -0.2) is 22.6 Å². The summed E-state index contributed by atoms with van der Waals surface area (Å²) >= 11 is 0. The molecule has 1 aromatic heterocycles. The first kappa shape index (κ1) is 29.0. The van der Waals surface area contributed by atoms with Crippen molar-refractivity contribution in [1.82, 2.24) is 4.98 Å². The fourth-order valence-electron chi connectivity index (χ4n) is 4.59. The van der Waals surface area contributed by atoms with E-state index >= 15 is 0 Å². The number of sulfone groups is 1. The molecule has 0 saturated heterocycles. The van der Waals surface area contributed by atoms with E-state index in [1.165, 1.54) is 25.3 Å². The number of aryl methyl sites for hydroxylation is 2. The number of benzene rings is 3. The van der Waals surface area contributed by atoms with E-state index < -0.39 is 21.6 Å². The van der Waals surface area contributed by atoms with Crippen LogP contribution in [0.1, 0.15) is 30.0 Å². The van der Waals surface area contributed by atoms with E-state index in [2.05, 4.69) is 10.8 Å². The Balaban J connectivity index is 1.57. The summed E-state index contributed by atoms with van der Waals surface area (Å²) in [6.45, 7) is 6.03. The number of hydrogen-bond acceptors (Lipinski definition) is 6. The highest BCUT2D eigenvalue weighted by atomic mass is 32.2. The molecule has 0 atom stereocenters. The lowest BCUT2D eigenvalue weighted by Gasteiger charge is -2.15. The summed E-state index contributed by atoms with van der Waals surface area (Å²) < 4.78 is 48.5. The summed E-state index contributed by atoms with van der Waals surface area (Å²) in [7, 11) is -1.74. The number of nitrogens with zero attached hydrogens (tertiary/aromatic N) is 1. The first-order chi connectivity index (χ1) is 19.1. The summed E-state index contributed by atoms with van der Waals surface area (Å²) in [6.07, 6.45) is 3.02. The number of carbonyl (C=O) groups excluding carboxylic acids is 1. The molecule has 8 heteroatoms. The predicted molar refractivity (Wildman–Crippen MR) is 158 cm³/mol. The highest BCUT2D eigenvalue weighted by Crippen LogP contribution is 2.34. The van der Waals surface area contributed by atoms with Crippen LogP contribution in [0.25, 0.3) is 39.4 Å². The first-order valence-corrected chi connectivity index (χ1v) is 14.8. The average molecular weight is 562 g/mol. The van der Waals surface area contributed by atoms with Gasteiger partial charge in [-0.15, -0.1) is 0 Å². The molecule has 0 aliphatic carbocycles. The minimum Gasteiger partial charge on any atom is -0.494 e. The molecule has 0 aliphatic heterocycles. The van der Waals surface area contributed by atoms with Gasteiger partial charge in [0.25, 0.3) is 0 Å². The molecular weight excluding hydrogens is 529 g/mol. The highest BCUT2D eigenvalue weighted by molar-refractivity contribution is 7.91. The molecule has 6 nitrogen and oxygen atoms in total. The molecule has 0 spiro atoms. The number of carbonyl (C=O) groups is 1. The molecule has 208 valence electrons. The van der Waals surface area contributed by atoms with Gasteiger partial charge in [-0.2, -0.15) is 0 Å². The van der Waals surface area contributed by atoms with Crippen LogP contribution in [-0.4, -0.2) is 44.6 Å². The van der Waals surface area contributed by atoms with Crippen LogP contribution in [-0.2, 0) is 19.4 Å². The first-order valence-electron chi connectivity index (χ1n) is 13.0. The van der Waals surface area contributed by atoms with Crippen LogP contribution in [0.5, 0.6) is 5.75 Å². The van der Waals surface area contributed by atoms with Gasteiger partial charge in [-0.1, -0.05) is 31.2 Å². The van der Waals surface area contributed by atoms with Crippen molar-refractivity contribution in [3.63, 3.8) is 0 Å². The smallest absolute Gasteiger partial charge is 0.330 e. The lowest BCUT2D eigenvalue weighted by atomic mass is 9.93. The van der Waals surface area contributed by atoms with Gasteiger partial charge in [-0.05, 0) is 78.9 Å². The van der Waals surface area contributed by atoms with Gasteiger partial charge in [0.1, 0.15) is 21.4 Å². The van der Waals surface area contributed by atoms with E-state index in [-0.39, 0.29) is 17.1 Å². The van der Waals surface area contributed by atoms with Crippen molar-refractivity contribution in [1.29, 1.82) is 0 Å². The second-order valence-electron chi connectivity index (χ2n) is 9.57. The third-order valence-electron chi connectivity index (χ3n) is 6.67. The van der Waals surface area contributed by atoms with Gasteiger partial charge < -0.3 is 9.47 Å². The molecule has 4 aromatic rings. The predicted octanol–water partition coefficient (Wildman–Crippen LogP) is 6.71. The number of aromatic nitrogens is 1. The summed E-state index contributed by atoms with van der Waals surface area (Å²) in [5, 5.41) is 0.750. The van der Waals surface area contributed by atoms with Crippen molar-refractivity contribution in [3.05, 3.63) is 89.2 Å². The van der Waals surface area contributed by atoms with E-state index in [9.17, 15) is 17.6 Å². The summed E-state index contributed by atoms with van der Waals surface area (Å²) in [5.74, 6) is -0.0632. The van der Waals surface area contributed by atoms with Gasteiger partial charge >= 0.3 is 5.97 Å². The van der Waals surface area contributed by atoms with Crippen LogP contribution in [0.4, 0.5) is 4.39 Å². The number of hydrogen-bond donors (Lipinski definition) is 0. The van der Waals surface area contributed by atoms with E-state index in [0.717, 1.165) is 33.2 Å². The highest BCUT2D eigenvalue weighted by Gasteiger charge is 2.12. The monoisotopic (exact) mass is 561 g/mol. The lowest BCUT2D eigenvalue weighted by molar-refractivity contribution is -0.134. The summed E-state index contributed by atoms with van der Waals surface area (Å²) in [6, 6.07) is 18.7. The van der Waals surface area contributed by atoms with Crippen LogP contribution in [0.3, 0.4) is 0 Å².